The van der Waals surface area contributed by atoms with Gasteiger partial charge in [-0.15, -0.1) is 0 Å². The molecule has 0 aliphatic rings. The van der Waals surface area contributed by atoms with Crippen molar-refractivity contribution in [3.8, 4) is 0 Å². The summed E-state index contributed by atoms with van der Waals surface area (Å²) in [4.78, 5) is 0. The first-order valence-corrected chi connectivity index (χ1v) is 6.04. The fourth-order valence-corrected chi connectivity index (χ4v) is 1.62. The normalized spacial score (nSPS) is 12.7. The van der Waals surface area contributed by atoms with E-state index < -0.39 is 0 Å². The van der Waals surface area contributed by atoms with Crippen LogP contribution in [0.3, 0.4) is 0 Å². The number of rotatable bonds is 7. The minimum absolute atomic E-state index is 0.696. The highest BCUT2D eigenvalue weighted by Crippen LogP contribution is 2.09. The van der Waals surface area contributed by atoms with Crippen molar-refractivity contribution in [3.05, 3.63) is 35.4 Å². The Balaban J connectivity index is 2.46. The van der Waals surface area contributed by atoms with Gasteiger partial charge in [-0.05, 0) is 23.6 Å². The molecule has 0 bridgehead atoms. The third-order valence-corrected chi connectivity index (χ3v) is 2.92. The van der Waals surface area contributed by atoms with Gasteiger partial charge >= 0.3 is 0 Å². The van der Waals surface area contributed by atoms with E-state index in [0.29, 0.717) is 6.61 Å². The van der Waals surface area contributed by atoms with E-state index >= 15 is 0 Å². The SMILES string of the molecule is CCC(C)CNCc1ccccc1COC. The number of ether oxygens (including phenoxy) is 1. The molecule has 2 heteroatoms. The van der Waals surface area contributed by atoms with Crippen molar-refractivity contribution in [2.24, 2.45) is 5.92 Å². The van der Waals surface area contributed by atoms with Crippen LogP contribution in [0.1, 0.15) is 31.4 Å². The van der Waals surface area contributed by atoms with Gasteiger partial charge in [-0.1, -0.05) is 44.5 Å². The van der Waals surface area contributed by atoms with Crippen LogP contribution in [0.4, 0.5) is 0 Å². The molecule has 0 heterocycles. The molecular weight excluding hydrogens is 198 g/mol. The average Bonchev–Trinajstić information content (AvgIpc) is 2.31. The van der Waals surface area contributed by atoms with Crippen LogP contribution in [0.2, 0.25) is 0 Å². The Morgan fingerprint density at radius 1 is 1.25 bits per heavy atom. The van der Waals surface area contributed by atoms with Crippen LogP contribution in [-0.4, -0.2) is 13.7 Å². The van der Waals surface area contributed by atoms with Crippen molar-refractivity contribution < 1.29 is 4.74 Å². The monoisotopic (exact) mass is 221 g/mol. The van der Waals surface area contributed by atoms with Crippen LogP contribution in [-0.2, 0) is 17.9 Å². The first-order valence-electron chi connectivity index (χ1n) is 6.04. The largest absolute Gasteiger partial charge is 0.380 e. The number of hydrogen-bond donors (Lipinski definition) is 1. The zero-order valence-electron chi connectivity index (χ0n) is 10.6. The van der Waals surface area contributed by atoms with Gasteiger partial charge in [0.05, 0.1) is 6.61 Å². The molecule has 0 amide bonds. The summed E-state index contributed by atoms with van der Waals surface area (Å²) in [6.45, 7) is 7.21. The summed E-state index contributed by atoms with van der Waals surface area (Å²) in [5.74, 6) is 0.745. The molecule has 0 fully saturated rings. The predicted molar refractivity (Wildman–Crippen MR) is 68.3 cm³/mol. The topological polar surface area (TPSA) is 21.3 Å². The zero-order valence-corrected chi connectivity index (χ0v) is 10.6. The maximum Gasteiger partial charge on any atom is 0.0716 e. The first-order chi connectivity index (χ1) is 7.77. The highest BCUT2D eigenvalue weighted by atomic mass is 16.5. The summed E-state index contributed by atoms with van der Waals surface area (Å²) in [5.41, 5.74) is 2.62. The van der Waals surface area contributed by atoms with Crippen molar-refractivity contribution in [2.75, 3.05) is 13.7 Å². The van der Waals surface area contributed by atoms with Crippen molar-refractivity contribution in [1.29, 1.82) is 0 Å². The lowest BCUT2D eigenvalue weighted by molar-refractivity contribution is 0.184. The van der Waals surface area contributed by atoms with Gasteiger partial charge < -0.3 is 10.1 Å². The van der Waals surface area contributed by atoms with Crippen molar-refractivity contribution in [3.63, 3.8) is 0 Å². The van der Waals surface area contributed by atoms with Gasteiger partial charge in [-0.3, -0.25) is 0 Å². The van der Waals surface area contributed by atoms with Crippen molar-refractivity contribution in [1.82, 2.24) is 5.32 Å². The fraction of sp³-hybridized carbons (Fsp3) is 0.571. The summed E-state index contributed by atoms with van der Waals surface area (Å²) in [5, 5.41) is 3.50. The van der Waals surface area contributed by atoms with Crippen molar-refractivity contribution in [2.45, 2.75) is 33.4 Å². The number of benzene rings is 1. The predicted octanol–water partition coefficient (Wildman–Crippen LogP) is 2.97. The number of nitrogens with one attached hydrogen (secondary N) is 1. The molecule has 1 rings (SSSR count). The van der Waals surface area contributed by atoms with Crippen LogP contribution in [0, 0.1) is 5.92 Å². The molecule has 1 N–H and O–H groups in total. The second kappa shape index (κ2) is 7.42. The molecule has 1 unspecified atom stereocenters. The van der Waals surface area contributed by atoms with Crippen molar-refractivity contribution >= 4 is 0 Å². The molecule has 0 aliphatic carbocycles. The summed E-state index contributed by atoms with van der Waals surface area (Å²) >= 11 is 0. The van der Waals surface area contributed by atoms with Gasteiger partial charge in [0.25, 0.3) is 0 Å². The Labute approximate surface area is 99.0 Å². The molecule has 2 nitrogen and oxygen atoms in total. The van der Waals surface area contributed by atoms with Crippen LogP contribution < -0.4 is 5.32 Å². The Bertz CT molecular complexity index is 299. The molecule has 0 spiro atoms. The van der Waals surface area contributed by atoms with Gasteiger partial charge in [-0.2, -0.15) is 0 Å². The Hall–Kier alpha value is -0.860. The summed E-state index contributed by atoms with van der Waals surface area (Å²) in [6, 6.07) is 8.44. The van der Waals surface area contributed by atoms with E-state index in [1.807, 2.05) is 0 Å². The molecule has 1 aromatic carbocycles. The molecule has 0 saturated carbocycles. The molecular formula is C14H23NO. The maximum atomic E-state index is 5.19. The van der Waals surface area contributed by atoms with Crippen LogP contribution >= 0.6 is 0 Å². The molecule has 0 aliphatic heterocycles. The van der Waals surface area contributed by atoms with E-state index in [2.05, 4.69) is 43.4 Å². The second-order valence-corrected chi connectivity index (χ2v) is 4.35. The Morgan fingerprint density at radius 3 is 2.56 bits per heavy atom. The fourth-order valence-electron chi connectivity index (χ4n) is 1.62. The zero-order chi connectivity index (χ0) is 11.8. The van der Waals surface area contributed by atoms with E-state index in [9.17, 15) is 0 Å². The summed E-state index contributed by atoms with van der Waals surface area (Å²) in [6.07, 6.45) is 1.23. The van der Waals surface area contributed by atoms with Gasteiger partial charge in [0.15, 0.2) is 0 Å². The molecule has 0 radical (unpaired) electrons. The number of hydrogen-bond acceptors (Lipinski definition) is 2. The minimum Gasteiger partial charge on any atom is -0.380 e. The van der Waals surface area contributed by atoms with Crippen LogP contribution in [0.15, 0.2) is 24.3 Å². The smallest absolute Gasteiger partial charge is 0.0716 e. The molecule has 1 aromatic rings. The van der Waals surface area contributed by atoms with E-state index in [-0.39, 0.29) is 0 Å². The van der Waals surface area contributed by atoms with Gasteiger partial charge in [0.2, 0.25) is 0 Å². The second-order valence-electron chi connectivity index (χ2n) is 4.35. The maximum absolute atomic E-state index is 5.19. The molecule has 1 atom stereocenters. The summed E-state index contributed by atoms with van der Waals surface area (Å²) < 4.78 is 5.19. The molecule has 0 aromatic heterocycles. The summed E-state index contributed by atoms with van der Waals surface area (Å²) in [7, 11) is 1.74. The molecule has 0 saturated heterocycles. The Kier molecular flexibility index (Phi) is 6.12. The number of methoxy groups -OCH3 is 1. The lowest BCUT2D eigenvalue weighted by Gasteiger charge is -2.12. The van der Waals surface area contributed by atoms with Gasteiger partial charge in [-0.25, -0.2) is 0 Å². The van der Waals surface area contributed by atoms with Gasteiger partial charge in [0.1, 0.15) is 0 Å². The highest BCUT2D eigenvalue weighted by Gasteiger charge is 2.02. The third kappa shape index (κ3) is 4.33. The first kappa shape index (κ1) is 13.2. The minimum atomic E-state index is 0.696. The van der Waals surface area contributed by atoms with Gasteiger partial charge in [0, 0.05) is 13.7 Å². The third-order valence-electron chi connectivity index (χ3n) is 2.92. The Morgan fingerprint density at radius 2 is 1.94 bits per heavy atom. The van der Waals surface area contributed by atoms with E-state index in [0.717, 1.165) is 19.0 Å². The van der Waals surface area contributed by atoms with E-state index in [4.69, 9.17) is 4.74 Å². The lowest BCUT2D eigenvalue weighted by atomic mass is 10.1. The highest BCUT2D eigenvalue weighted by molar-refractivity contribution is 5.26. The lowest BCUT2D eigenvalue weighted by Crippen LogP contribution is -2.21. The molecule has 16 heavy (non-hydrogen) atoms. The average molecular weight is 221 g/mol. The molecule has 90 valence electrons. The van der Waals surface area contributed by atoms with Crippen LogP contribution in [0.25, 0.3) is 0 Å². The van der Waals surface area contributed by atoms with E-state index in [1.54, 1.807) is 7.11 Å². The quantitative estimate of drug-likeness (QED) is 0.764. The van der Waals surface area contributed by atoms with Crippen LogP contribution in [0.5, 0.6) is 0 Å². The van der Waals surface area contributed by atoms with E-state index in [1.165, 1.54) is 17.5 Å². The standard InChI is InChI=1S/C14H23NO/c1-4-12(2)9-15-10-13-7-5-6-8-14(13)11-16-3/h5-8,12,15H,4,9-11H2,1-3H3.